The van der Waals surface area contributed by atoms with Gasteiger partial charge in [-0.3, -0.25) is 0 Å². The molecule has 3 heteroatoms. The fourth-order valence-electron chi connectivity index (χ4n) is 1.74. The van der Waals surface area contributed by atoms with E-state index in [-0.39, 0.29) is 11.5 Å². The van der Waals surface area contributed by atoms with Crippen LogP contribution in [0, 0.1) is 0 Å². The van der Waals surface area contributed by atoms with Gasteiger partial charge in [0.15, 0.2) is 0 Å². The predicted molar refractivity (Wildman–Crippen MR) is 80.6 cm³/mol. The first-order valence-electron chi connectivity index (χ1n) is 6.17. The van der Waals surface area contributed by atoms with Crippen LogP contribution < -0.4 is 4.74 Å². The van der Waals surface area contributed by atoms with Crippen molar-refractivity contribution in [3.63, 3.8) is 0 Å². The van der Waals surface area contributed by atoms with Gasteiger partial charge in [-0.15, -0.1) is 0 Å². The molecular formula is C17H16O3. The van der Waals surface area contributed by atoms with E-state index < -0.39 is 0 Å². The highest BCUT2D eigenvalue weighted by atomic mass is 16.5. The summed E-state index contributed by atoms with van der Waals surface area (Å²) in [6.07, 6.45) is 3.75. The second kappa shape index (κ2) is 5.97. The molecular weight excluding hydrogens is 252 g/mol. The van der Waals surface area contributed by atoms with Gasteiger partial charge in [-0.1, -0.05) is 30.9 Å². The van der Waals surface area contributed by atoms with E-state index in [1.807, 2.05) is 18.2 Å². The van der Waals surface area contributed by atoms with Crippen molar-refractivity contribution in [2.24, 2.45) is 0 Å². The minimum absolute atomic E-state index is 0.133. The highest BCUT2D eigenvalue weighted by Crippen LogP contribution is 2.24. The highest BCUT2D eigenvalue weighted by molar-refractivity contribution is 5.71. The van der Waals surface area contributed by atoms with E-state index in [4.69, 9.17) is 4.74 Å². The molecule has 0 spiro atoms. The van der Waals surface area contributed by atoms with E-state index >= 15 is 0 Å². The van der Waals surface area contributed by atoms with Crippen molar-refractivity contribution in [3.8, 4) is 17.2 Å². The van der Waals surface area contributed by atoms with Gasteiger partial charge in [0, 0.05) is 6.07 Å². The van der Waals surface area contributed by atoms with Crippen molar-refractivity contribution in [2.45, 2.75) is 6.92 Å². The maximum absolute atomic E-state index is 9.66. The zero-order chi connectivity index (χ0) is 14.5. The fraction of sp³-hybridized carbons (Fsp3) is 0.0588. The number of allylic oxidation sites excluding steroid dienone is 1. The molecule has 0 fully saturated rings. The lowest BCUT2D eigenvalue weighted by Crippen LogP contribution is -1.88. The van der Waals surface area contributed by atoms with E-state index in [1.54, 1.807) is 37.3 Å². The number of phenols is 2. The van der Waals surface area contributed by atoms with Gasteiger partial charge in [0.1, 0.15) is 17.2 Å². The third-order valence-electron chi connectivity index (χ3n) is 2.57. The van der Waals surface area contributed by atoms with Crippen molar-refractivity contribution in [1.29, 1.82) is 0 Å². The van der Waals surface area contributed by atoms with Gasteiger partial charge in [-0.25, -0.2) is 0 Å². The number of hydrogen-bond donors (Lipinski definition) is 2. The third kappa shape index (κ3) is 3.92. The lowest BCUT2D eigenvalue weighted by molar-refractivity contribution is 0.421. The van der Waals surface area contributed by atoms with Crippen LogP contribution in [0.1, 0.15) is 18.1 Å². The molecule has 2 aromatic rings. The van der Waals surface area contributed by atoms with Crippen LogP contribution in [0.4, 0.5) is 0 Å². The summed E-state index contributed by atoms with van der Waals surface area (Å²) in [5.41, 5.74) is 1.77. The molecule has 0 saturated carbocycles. The smallest absolute Gasteiger partial charge is 0.131 e. The van der Waals surface area contributed by atoms with Gasteiger partial charge < -0.3 is 14.9 Å². The molecule has 0 unspecified atom stereocenters. The Kier molecular flexibility index (Phi) is 4.11. The van der Waals surface area contributed by atoms with E-state index in [0.717, 1.165) is 11.1 Å². The summed E-state index contributed by atoms with van der Waals surface area (Å²) < 4.78 is 5.38. The predicted octanol–water partition coefficient (Wildman–Crippen LogP) is 4.18. The Balaban J connectivity index is 2.22. The van der Waals surface area contributed by atoms with Crippen LogP contribution in [0.15, 0.2) is 54.8 Å². The molecule has 0 amide bonds. The minimum atomic E-state index is 0.133. The van der Waals surface area contributed by atoms with Crippen LogP contribution in [0.25, 0.3) is 12.2 Å². The van der Waals surface area contributed by atoms with Gasteiger partial charge >= 0.3 is 0 Å². The largest absolute Gasteiger partial charge is 0.508 e. The third-order valence-corrected chi connectivity index (χ3v) is 2.57. The maximum atomic E-state index is 9.66. The number of rotatable bonds is 4. The molecule has 0 bridgehead atoms. The van der Waals surface area contributed by atoms with Gasteiger partial charge in [0.25, 0.3) is 0 Å². The molecule has 0 radical (unpaired) electrons. The molecule has 2 aromatic carbocycles. The molecule has 0 saturated heterocycles. The molecule has 0 aliphatic rings. The van der Waals surface area contributed by atoms with Crippen molar-refractivity contribution in [1.82, 2.24) is 0 Å². The molecule has 0 heterocycles. The Labute approximate surface area is 118 Å². The average Bonchev–Trinajstić information content (AvgIpc) is 2.36. The average molecular weight is 268 g/mol. The Morgan fingerprint density at radius 3 is 2.25 bits per heavy atom. The first kappa shape index (κ1) is 13.7. The Morgan fingerprint density at radius 2 is 1.60 bits per heavy atom. The summed E-state index contributed by atoms with van der Waals surface area (Å²) >= 11 is 0. The Morgan fingerprint density at radius 1 is 0.950 bits per heavy atom. The maximum Gasteiger partial charge on any atom is 0.131 e. The van der Waals surface area contributed by atoms with Gasteiger partial charge in [-0.2, -0.15) is 0 Å². The standard InChI is InChI=1S/C17H16O3/c1-12(2)20-17-10-14(9-16(19)11-17)4-3-13-5-7-15(18)8-6-13/h3-11,18-19H,1H2,2H3/b4-3+. The quantitative estimate of drug-likeness (QED) is 0.646. The molecule has 3 nitrogen and oxygen atoms in total. The monoisotopic (exact) mass is 268 g/mol. The molecule has 2 N–H and O–H groups in total. The molecule has 0 aliphatic heterocycles. The minimum Gasteiger partial charge on any atom is -0.508 e. The number of benzene rings is 2. The Hall–Kier alpha value is -2.68. The second-order valence-corrected chi connectivity index (χ2v) is 4.49. The van der Waals surface area contributed by atoms with Crippen molar-refractivity contribution < 1.29 is 14.9 Å². The zero-order valence-electron chi connectivity index (χ0n) is 11.2. The molecule has 0 aromatic heterocycles. The first-order valence-corrected chi connectivity index (χ1v) is 6.17. The number of hydrogen-bond acceptors (Lipinski definition) is 3. The van der Waals surface area contributed by atoms with Crippen LogP contribution >= 0.6 is 0 Å². The van der Waals surface area contributed by atoms with E-state index in [2.05, 4.69) is 6.58 Å². The van der Waals surface area contributed by atoms with Gasteiger partial charge in [0.05, 0.1) is 5.76 Å². The fourth-order valence-corrected chi connectivity index (χ4v) is 1.74. The van der Waals surface area contributed by atoms with E-state index in [0.29, 0.717) is 11.5 Å². The first-order chi connectivity index (χ1) is 9.52. The molecule has 102 valence electrons. The van der Waals surface area contributed by atoms with E-state index in [1.165, 1.54) is 6.07 Å². The van der Waals surface area contributed by atoms with Crippen molar-refractivity contribution in [3.05, 3.63) is 65.9 Å². The van der Waals surface area contributed by atoms with Crippen LogP contribution in [0.5, 0.6) is 17.2 Å². The van der Waals surface area contributed by atoms with Crippen molar-refractivity contribution in [2.75, 3.05) is 0 Å². The second-order valence-electron chi connectivity index (χ2n) is 4.49. The molecule has 20 heavy (non-hydrogen) atoms. The molecule has 2 rings (SSSR count). The number of phenolic OH excluding ortho intramolecular Hbond substituents is 2. The molecule has 0 aliphatic carbocycles. The SMILES string of the molecule is C=C(C)Oc1cc(O)cc(/C=C/c2ccc(O)cc2)c1. The summed E-state index contributed by atoms with van der Waals surface area (Å²) in [6.45, 7) is 5.41. The topological polar surface area (TPSA) is 49.7 Å². The number of ether oxygens (including phenoxy) is 1. The van der Waals surface area contributed by atoms with Crippen LogP contribution in [-0.2, 0) is 0 Å². The summed E-state index contributed by atoms with van der Waals surface area (Å²) in [5.74, 6) is 1.47. The number of aromatic hydroxyl groups is 2. The zero-order valence-corrected chi connectivity index (χ0v) is 11.2. The van der Waals surface area contributed by atoms with Gasteiger partial charge in [0.2, 0.25) is 0 Å². The highest BCUT2D eigenvalue weighted by Gasteiger charge is 2.00. The van der Waals surface area contributed by atoms with Crippen LogP contribution in [0.3, 0.4) is 0 Å². The van der Waals surface area contributed by atoms with Crippen LogP contribution in [0.2, 0.25) is 0 Å². The van der Waals surface area contributed by atoms with E-state index in [9.17, 15) is 10.2 Å². The van der Waals surface area contributed by atoms with Crippen molar-refractivity contribution >= 4 is 12.2 Å². The summed E-state index contributed by atoms with van der Waals surface area (Å²) in [4.78, 5) is 0. The lowest BCUT2D eigenvalue weighted by atomic mass is 10.1. The molecule has 0 atom stereocenters. The van der Waals surface area contributed by atoms with Gasteiger partial charge in [-0.05, 0) is 42.3 Å². The summed E-state index contributed by atoms with van der Waals surface area (Å²) in [5, 5.41) is 18.9. The Bertz CT molecular complexity index is 640. The summed E-state index contributed by atoms with van der Waals surface area (Å²) in [6, 6.07) is 11.8. The summed E-state index contributed by atoms with van der Waals surface area (Å²) in [7, 11) is 0. The van der Waals surface area contributed by atoms with Crippen LogP contribution in [-0.4, -0.2) is 10.2 Å². The lowest BCUT2D eigenvalue weighted by Gasteiger charge is -2.06. The normalized spacial score (nSPS) is 10.7.